The average molecular weight is 296 g/mol. The van der Waals surface area contributed by atoms with E-state index in [4.69, 9.17) is 4.52 Å². The summed E-state index contributed by atoms with van der Waals surface area (Å²) in [5.74, 6) is 0.882. The number of hydrogen-bond donors (Lipinski definition) is 0. The normalized spacial score (nSPS) is 19.3. The Bertz CT molecular complexity index is 804. The molecule has 0 bridgehead atoms. The number of nitrogens with zero attached hydrogens (tertiary/aromatic N) is 4. The molecule has 1 fully saturated rings. The Hall–Kier alpha value is -2.14. The van der Waals surface area contributed by atoms with Crippen molar-refractivity contribution in [1.82, 2.24) is 19.4 Å². The molecule has 0 aromatic carbocycles. The van der Waals surface area contributed by atoms with Crippen molar-refractivity contribution in [3.05, 3.63) is 53.3 Å². The van der Waals surface area contributed by atoms with Crippen LogP contribution in [-0.2, 0) is 6.54 Å². The van der Waals surface area contributed by atoms with E-state index in [0.29, 0.717) is 6.04 Å². The Morgan fingerprint density at radius 2 is 2.23 bits per heavy atom. The highest BCUT2D eigenvalue weighted by molar-refractivity contribution is 5.42. The predicted molar refractivity (Wildman–Crippen MR) is 83.6 cm³/mol. The number of hydrogen-bond acceptors (Lipinski definition) is 4. The van der Waals surface area contributed by atoms with Gasteiger partial charge in [-0.3, -0.25) is 4.90 Å². The minimum Gasteiger partial charge on any atom is -0.361 e. The summed E-state index contributed by atoms with van der Waals surface area (Å²) >= 11 is 0. The van der Waals surface area contributed by atoms with Gasteiger partial charge in [-0.25, -0.2) is 4.98 Å². The number of fused-ring (bicyclic) bond motifs is 1. The minimum absolute atomic E-state index is 0.353. The van der Waals surface area contributed by atoms with E-state index in [1.54, 1.807) is 0 Å². The second kappa shape index (κ2) is 5.25. The third kappa shape index (κ3) is 2.22. The lowest BCUT2D eigenvalue weighted by Gasteiger charge is -2.22. The number of aryl methyl sites for hydroxylation is 2. The largest absolute Gasteiger partial charge is 0.361 e. The molecule has 1 saturated heterocycles. The molecule has 5 nitrogen and oxygen atoms in total. The number of likely N-dealkylation sites (tertiary alicyclic amines) is 1. The third-order valence-corrected chi connectivity index (χ3v) is 4.53. The summed E-state index contributed by atoms with van der Waals surface area (Å²) in [5.41, 5.74) is 4.44. The van der Waals surface area contributed by atoms with E-state index in [1.165, 1.54) is 12.1 Å². The fraction of sp³-hybridized carbons (Fsp3) is 0.412. The molecule has 0 amide bonds. The molecule has 0 unspecified atom stereocenters. The maximum absolute atomic E-state index is 5.26. The molecule has 5 heteroatoms. The summed E-state index contributed by atoms with van der Waals surface area (Å²) in [5, 5.41) is 4.22. The van der Waals surface area contributed by atoms with E-state index in [-0.39, 0.29) is 0 Å². The monoisotopic (exact) mass is 296 g/mol. The molecule has 1 aliphatic rings. The first-order chi connectivity index (χ1) is 10.7. The number of aromatic nitrogens is 3. The SMILES string of the molecule is Cc1cc([C@@H]2CCCN2Cc2c(C)nc3ccccn23)no1. The molecule has 4 heterocycles. The maximum atomic E-state index is 5.26. The van der Waals surface area contributed by atoms with Crippen molar-refractivity contribution in [3.8, 4) is 0 Å². The first-order valence-corrected chi connectivity index (χ1v) is 7.82. The van der Waals surface area contributed by atoms with Gasteiger partial charge in [0.2, 0.25) is 0 Å². The lowest BCUT2D eigenvalue weighted by molar-refractivity contribution is 0.233. The first-order valence-electron chi connectivity index (χ1n) is 7.82. The highest BCUT2D eigenvalue weighted by Crippen LogP contribution is 2.33. The quantitative estimate of drug-likeness (QED) is 0.744. The lowest BCUT2D eigenvalue weighted by atomic mass is 10.1. The van der Waals surface area contributed by atoms with Crippen LogP contribution in [0.1, 0.15) is 41.7 Å². The molecule has 1 aliphatic heterocycles. The van der Waals surface area contributed by atoms with Crippen LogP contribution in [0.25, 0.3) is 5.65 Å². The second-order valence-corrected chi connectivity index (χ2v) is 6.06. The lowest BCUT2D eigenvalue weighted by Crippen LogP contribution is -2.24. The van der Waals surface area contributed by atoms with Crippen molar-refractivity contribution in [2.24, 2.45) is 0 Å². The van der Waals surface area contributed by atoms with Gasteiger partial charge in [-0.15, -0.1) is 0 Å². The van der Waals surface area contributed by atoms with Crippen molar-refractivity contribution in [3.63, 3.8) is 0 Å². The van der Waals surface area contributed by atoms with Crippen LogP contribution in [0, 0.1) is 13.8 Å². The summed E-state index contributed by atoms with van der Waals surface area (Å²) in [4.78, 5) is 7.15. The molecule has 0 aliphatic carbocycles. The molecule has 0 saturated carbocycles. The van der Waals surface area contributed by atoms with Crippen LogP contribution in [0.15, 0.2) is 35.0 Å². The van der Waals surface area contributed by atoms with Crippen LogP contribution in [0.3, 0.4) is 0 Å². The van der Waals surface area contributed by atoms with Crippen molar-refractivity contribution in [1.29, 1.82) is 0 Å². The Kier molecular flexibility index (Phi) is 3.22. The standard InChI is InChI=1S/C17H20N4O/c1-12-10-14(19-22-12)15-6-5-8-20(15)11-16-13(2)18-17-7-3-4-9-21(16)17/h3-4,7,9-10,15H,5-6,8,11H2,1-2H3/t15-/m0/s1. The van der Waals surface area contributed by atoms with Gasteiger partial charge in [-0.1, -0.05) is 11.2 Å². The Labute approximate surface area is 129 Å². The van der Waals surface area contributed by atoms with Crippen molar-refractivity contribution < 1.29 is 4.52 Å². The summed E-state index contributed by atoms with van der Waals surface area (Å²) in [6.45, 7) is 6.03. The van der Waals surface area contributed by atoms with Gasteiger partial charge in [-0.2, -0.15) is 0 Å². The van der Waals surface area contributed by atoms with Crippen molar-refractivity contribution in [2.75, 3.05) is 6.54 Å². The Morgan fingerprint density at radius 1 is 1.32 bits per heavy atom. The number of rotatable bonds is 3. The molecule has 0 radical (unpaired) electrons. The van der Waals surface area contributed by atoms with Gasteiger partial charge in [0.15, 0.2) is 0 Å². The first kappa shape index (κ1) is 13.5. The molecule has 0 N–H and O–H groups in total. The van der Waals surface area contributed by atoms with Crippen LogP contribution < -0.4 is 0 Å². The summed E-state index contributed by atoms with van der Waals surface area (Å²) < 4.78 is 7.45. The topological polar surface area (TPSA) is 46.6 Å². The molecule has 0 spiro atoms. The van der Waals surface area contributed by atoms with E-state index in [1.807, 2.05) is 13.0 Å². The van der Waals surface area contributed by atoms with Crippen LogP contribution in [-0.4, -0.2) is 26.0 Å². The van der Waals surface area contributed by atoms with Crippen LogP contribution >= 0.6 is 0 Å². The van der Waals surface area contributed by atoms with Gasteiger partial charge >= 0.3 is 0 Å². The number of imidazole rings is 1. The predicted octanol–water partition coefficient (Wildman–Crippen LogP) is 3.28. The molecule has 3 aromatic heterocycles. The Morgan fingerprint density at radius 3 is 3.05 bits per heavy atom. The fourth-order valence-corrected chi connectivity index (χ4v) is 3.44. The molecule has 22 heavy (non-hydrogen) atoms. The summed E-state index contributed by atoms with van der Waals surface area (Å²) in [6, 6.07) is 8.55. The third-order valence-electron chi connectivity index (χ3n) is 4.53. The molecule has 3 aromatic rings. The second-order valence-electron chi connectivity index (χ2n) is 6.06. The van der Waals surface area contributed by atoms with Gasteiger partial charge in [0.25, 0.3) is 0 Å². The van der Waals surface area contributed by atoms with Crippen molar-refractivity contribution in [2.45, 2.75) is 39.3 Å². The van der Waals surface area contributed by atoms with E-state index in [9.17, 15) is 0 Å². The molecule has 1 atom stereocenters. The van der Waals surface area contributed by atoms with E-state index in [2.05, 4.69) is 50.8 Å². The Balaban J connectivity index is 1.65. The van der Waals surface area contributed by atoms with Gasteiger partial charge in [0.05, 0.1) is 17.4 Å². The summed E-state index contributed by atoms with van der Waals surface area (Å²) in [6.07, 6.45) is 4.43. The highest BCUT2D eigenvalue weighted by Gasteiger charge is 2.29. The smallest absolute Gasteiger partial charge is 0.137 e. The van der Waals surface area contributed by atoms with Gasteiger partial charge in [0, 0.05) is 18.8 Å². The van der Waals surface area contributed by atoms with Crippen LogP contribution in [0.4, 0.5) is 0 Å². The number of pyridine rings is 1. The van der Waals surface area contributed by atoms with E-state index in [0.717, 1.165) is 42.3 Å². The minimum atomic E-state index is 0.353. The summed E-state index contributed by atoms with van der Waals surface area (Å²) in [7, 11) is 0. The zero-order valence-corrected chi connectivity index (χ0v) is 13.0. The van der Waals surface area contributed by atoms with Gasteiger partial charge < -0.3 is 8.92 Å². The van der Waals surface area contributed by atoms with E-state index < -0.39 is 0 Å². The fourth-order valence-electron chi connectivity index (χ4n) is 3.44. The van der Waals surface area contributed by atoms with Crippen LogP contribution in [0.5, 0.6) is 0 Å². The zero-order chi connectivity index (χ0) is 15.1. The van der Waals surface area contributed by atoms with Gasteiger partial charge in [0.1, 0.15) is 17.1 Å². The van der Waals surface area contributed by atoms with Gasteiger partial charge in [-0.05, 0) is 45.4 Å². The zero-order valence-electron chi connectivity index (χ0n) is 13.0. The molecular weight excluding hydrogens is 276 g/mol. The highest BCUT2D eigenvalue weighted by atomic mass is 16.5. The van der Waals surface area contributed by atoms with Crippen LogP contribution in [0.2, 0.25) is 0 Å². The average Bonchev–Trinajstić information content (AvgIpc) is 3.20. The molecular formula is C17H20N4O. The van der Waals surface area contributed by atoms with E-state index >= 15 is 0 Å². The maximum Gasteiger partial charge on any atom is 0.137 e. The molecule has 114 valence electrons. The van der Waals surface area contributed by atoms with Crippen molar-refractivity contribution >= 4 is 5.65 Å². The molecule has 4 rings (SSSR count).